The maximum Gasteiger partial charge on any atom is 0.325 e. The summed E-state index contributed by atoms with van der Waals surface area (Å²) in [5.74, 6) is 0.660. The second kappa shape index (κ2) is 9.21. The fraction of sp³-hybridized carbons (Fsp3) is 0.857. The molecule has 29 heavy (non-hydrogen) atoms. The Bertz CT molecular complexity index is 624. The maximum absolute atomic E-state index is 13.1. The van der Waals surface area contributed by atoms with Crippen LogP contribution in [0.25, 0.3) is 0 Å². The van der Waals surface area contributed by atoms with Crippen LogP contribution in [0, 0.1) is 17.3 Å². The lowest BCUT2D eigenvalue weighted by Crippen LogP contribution is -2.51. The van der Waals surface area contributed by atoms with Gasteiger partial charge >= 0.3 is 6.03 Å². The molecule has 2 aliphatic heterocycles. The number of likely N-dealkylation sites (tertiary alicyclic amines) is 1. The molecule has 0 aromatic carbocycles. The Morgan fingerprint density at radius 3 is 2.45 bits per heavy atom. The third-order valence-corrected chi connectivity index (χ3v) is 6.97. The normalized spacial score (nSPS) is 30.3. The number of carbonyl (C=O) groups is 3. The van der Waals surface area contributed by atoms with E-state index in [1.165, 1.54) is 0 Å². The monoisotopic (exact) mass is 428 g/mol. The van der Waals surface area contributed by atoms with Crippen LogP contribution in [0.1, 0.15) is 59.3 Å². The van der Waals surface area contributed by atoms with Crippen LogP contribution in [0.5, 0.6) is 0 Å². The molecule has 1 saturated carbocycles. The topological polar surface area (TPSA) is 81.8 Å². The first-order valence-corrected chi connectivity index (χ1v) is 10.7. The van der Waals surface area contributed by atoms with Crippen LogP contribution >= 0.6 is 12.4 Å². The molecule has 1 unspecified atom stereocenters. The van der Waals surface area contributed by atoms with Crippen molar-refractivity contribution < 1.29 is 14.4 Å². The zero-order chi connectivity index (χ0) is 20.5. The first-order chi connectivity index (χ1) is 13.2. The van der Waals surface area contributed by atoms with Crippen LogP contribution in [-0.4, -0.2) is 66.4 Å². The lowest BCUT2D eigenvalue weighted by atomic mass is 9.67. The van der Waals surface area contributed by atoms with E-state index in [0.29, 0.717) is 37.8 Å². The van der Waals surface area contributed by atoms with E-state index in [2.05, 4.69) is 31.4 Å². The van der Waals surface area contributed by atoms with Crippen molar-refractivity contribution in [2.45, 2.75) is 64.8 Å². The lowest BCUT2D eigenvalue weighted by molar-refractivity contribution is -0.140. The molecule has 2 heterocycles. The number of halogens is 1. The summed E-state index contributed by atoms with van der Waals surface area (Å²) < 4.78 is 0. The molecule has 166 valence electrons. The smallest absolute Gasteiger partial charge is 0.325 e. The van der Waals surface area contributed by atoms with Crippen molar-refractivity contribution in [1.29, 1.82) is 0 Å². The molecule has 1 aliphatic carbocycles. The highest BCUT2D eigenvalue weighted by Crippen LogP contribution is 2.43. The number of nitrogens with zero attached hydrogens (tertiary/aromatic N) is 2. The van der Waals surface area contributed by atoms with Gasteiger partial charge in [-0.15, -0.1) is 12.4 Å². The lowest BCUT2D eigenvalue weighted by Gasteiger charge is -2.40. The van der Waals surface area contributed by atoms with Crippen LogP contribution in [0.3, 0.4) is 0 Å². The summed E-state index contributed by atoms with van der Waals surface area (Å²) in [5.41, 5.74) is -0.587. The number of carbonyl (C=O) groups excluding carboxylic acids is 3. The van der Waals surface area contributed by atoms with E-state index in [0.717, 1.165) is 37.1 Å². The molecule has 3 fully saturated rings. The number of piperidine rings is 1. The average molecular weight is 429 g/mol. The van der Waals surface area contributed by atoms with Gasteiger partial charge in [0.05, 0.1) is 0 Å². The Morgan fingerprint density at radius 1 is 1.21 bits per heavy atom. The Kier molecular flexibility index (Phi) is 7.60. The standard InChI is InChI=1S/C21H36N4O3.ClH/c1-20(2,3)16-7-9-21(10-8-16)18(27)25(19(28)23-21)14-17(26)24-11-5-6-15(13-24)12-22-4;/h15-16,22H,5-14H2,1-4H3,(H,23,28);1H. The largest absolute Gasteiger partial charge is 0.341 e. The number of hydrogen-bond acceptors (Lipinski definition) is 4. The third kappa shape index (κ3) is 5.05. The van der Waals surface area contributed by atoms with Crippen molar-refractivity contribution in [3.05, 3.63) is 0 Å². The highest BCUT2D eigenvalue weighted by Gasteiger charge is 2.53. The van der Waals surface area contributed by atoms with Gasteiger partial charge in [-0.05, 0) is 69.4 Å². The van der Waals surface area contributed by atoms with E-state index >= 15 is 0 Å². The predicted octanol–water partition coefficient (Wildman–Crippen LogP) is 2.39. The second-order valence-electron chi connectivity index (χ2n) is 9.95. The quantitative estimate of drug-likeness (QED) is 0.673. The van der Waals surface area contributed by atoms with Crippen LogP contribution < -0.4 is 10.6 Å². The van der Waals surface area contributed by atoms with E-state index in [9.17, 15) is 14.4 Å². The SMILES string of the molecule is CNCC1CCCN(C(=O)CN2C(=O)NC3(CCC(C(C)(C)C)CC3)C2=O)C1.Cl. The van der Waals surface area contributed by atoms with Crippen LogP contribution in [0.15, 0.2) is 0 Å². The van der Waals surface area contributed by atoms with Gasteiger partial charge in [-0.3, -0.25) is 14.5 Å². The molecule has 1 spiro atoms. The van der Waals surface area contributed by atoms with Gasteiger partial charge in [0.1, 0.15) is 12.1 Å². The second-order valence-corrected chi connectivity index (χ2v) is 9.95. The summed E-state index contributed by atoms with van der Waals surface area (Å²) >= 11 is 0. The summed E-state index contributed by atoms with van der Waals surface area (Å²) in [5, 5.41) is 6.11. The van der Waals surface area contributed by atoms with Crippen LogP contribution in [0.2, 0.25) is 0 Å². The van der Waals surface area contributed by atoms with E-state index in [4.69, 9.17) is 0 Å². The molecule has 0 bridgehead atoms. The minimum absolute atomic E-state index is 0. The molecule has 4 amide bonds. The highest BCUT2D eigenvalue weighted by molar-refractivity contribution is 6.09. The number of urea groups is 1. The number of nitrogens with one attached hydrogen (secondary N) is 2. The fourth-order valence-electron chi connectivity index (χ4n) is 5.12. The first-order valence-electron chi connectivity index (χ1n) is 10.7. The van der Waals surface area contributed by atoms with Gasteiger partial charge in [0.2, 0.25) is 5.91 Å². The molecule has 2 N–H and O–H groups in total. The van der Waals surface area contributed by atoms with Gasteiger partial charge in [0.25, 0.3) is 5.91 Å². The summed E-state index contributed by atoms with van der Waals surface area (Å²) in [6.45, 7) is 8.84. The molecule has 0 aromatic heterocycles. The Labute approximate surface area is 180 Å². The van der Waals surface area contributed by atoms with E-state index in [1.54, 1.807) is 0 Å². The average Bonchev–Trinajstić information content (AvgIpc) is 2.86. The predicted molar refractivity (Wildman–Crippen MR) is 115 cm³/mol. The molecule has 0 radical (unpaired) electrons. The summed E-state index contributed by atoms with van der Waals surface area (Å²) in [4.78, 5) is 41.4. The third-order valence-electron chi connectivity index (χ3n) is 6.97. The first kappa shape index (κ1) is 23.9. The molecule has 8 heteroatoms. The summed E-state index contributed by atoms with van der Waals surface area (Å²) in [6.07, 6.45) is 5.25. The molecule has 1 atom stereocenters. The van der Waals surface area contributed by atoms with Gasteiger partial charge < -0.3 is 15.5 Å². The Balaban J connectivity index is 0.00000300. The number of rotatable bonds is 4. The minimum atomic E-state index is -0.796. The van der Waals surface area contributed by atoms with Gasteiger partial charge in [0, 0.05) is 13.1 Å². The fourth-order valence-corrected chi connectivity index (χ4v) is 5.12. The van der Waals surface area contributed by atoms with E-state index < -0.39 is 11.6 Å². The maximum atomic E-state index is 13.1. The van der Waals surface area contributed by atoms with E-state index in [1.807, 2.05) is 11.9 Å². The molecule has 3 rings (SSSR count). The van der Waals surface area contributed by atoms with Crippen molar-refractivity contribution in [3.63, 3.8) is 0 Å². The molecule has 7 nitrogen and oxygen atoms in total. The number of amides is 4. The number of hydrogen-bond donors (Lipinski definition) is 2. The van der Waals surface area contributed by atoms with Gasteiger partial charge in [0.15, 0.2) is 0 Å². The molecule has 3 aliphatic rings. The molecule has 2 saturated heterocycles. The van der Waals surface area contributed by atoms with Crippen molar-refractivity contribution in [2.24, 2.45) is 17.3 Å². The van der Waals surface area contributed by atoms with Gasteiger partial charge in [-0.1, -0.05) is 20.8 Å². The Hall–Kier alpha value is -1.34. The zero-order valence-corrected chi connectivity index (χ0v) is 19.1. The molecular formula is C21H37ClN4O3. The minimum Gasteiger partial charge on any atom is -0.341 e. The van der Waals surface area contributed by atoms with Crippen LogP contribution in [-0.2, 0) is 9.59 Å². The molecular weight excluding hydrogens is 392 g/mol. The van der Waals surface area contributed by atoms with Crippen molar-refractivity contribution in [3.8, 4) is 0 Å². The van der Waals surface area contributed by atoms with Crippen molar-refractivity contribution in [2.75, 3.05) is 33.2 Å². The van der Waals surface area contributed by atoms with Crippen LogP contribution in [0.4, 0.5) is 4.79 Å². The number of imide groups is 1. The zero-order valence-electron chi connectivity index (χ0n) is 18.3. The van der Waals surface area contributed by atoms with E-state index in [-0.39, 0.29) is 36.2 Å². The van der Waals surface area contributed by atoms with Crippen molar-refractivity contribution >= 4 is 30.3 Å². The van der Waals surface area contributed by atoms with Gasteiger partial charge in [-0.2, -0.15) is 0 Å². The Morgan fingerprint density at radius 2 is 1.86 bits per heavy atom. The summed E-state index contributed by atoms with van der Waals surface area (Å²) in [7, 11) is 1.92. The van der Waals surface area contributed by atoms with Crippen molar-refractivity contribution in [1.82, 2.24) is 20.4 Å². The highest BCUT2D eigenvalue weighted by atomic mass is 35.5. The summed E-state index contributed by atoms with van der Waals surface area (Å²) in [6, 6.07) is -0.406. The molecule has 0 aromatic rings. The van der Waals surface area contributed by atoms with Gasteiger partial charge in [-0.25, -0.2) is 4.79 Å².